The van der Waals surface area contributed by atoms with E-state index in [0.29, 0.717) is 24.8 Å². The second kappa shape index (κ2) is 7.79. The number of aryl methyl sites for hydroxylation is 1. The van der Waals surface area contributed by atoms with Crippen LogP contribution in [0, 0.1) is 12.8 Å². The SMILES string of the molecule is Cc1cc(OC(C)C(=O)NCC2CNCC2O)ccc1C(C)C. The summed E-state index contributed by atoms with van der Waals surface area (Å²) in [6.45, 7) is 9.90. The lowest BCUT2D eigenvalue weighted by Gasteiger charge is -2.19. The van der Waals surface area contributed by atoms with Gasteiger partial charge in [-0.3, -0.25) is 4.79 Å². The molecule has 1 fully saturated rings. The summed E-state index contributed by atoms with van der Waals surface area (Å²) in [5, 5.41) is 15.7. The summed E-state index contributed by atoms with van der Waals surface area (Å²) < 4.78 is 5.74. The van der Waals surface area contributed by atoms with Crippen LogP contribution in [0.1, 0.15) is 37.8 Å². The molecule has 2 rings (SSSR count). The number of rotatable bonds is 6. The predicted octanol–water partition coefficient (Wildman–Crippen LogP) is 1.58. The fraction of sp³-hybridized carbons (Fsp3) is 0.611. The van der Waals surface area contributed by atoms with E-state index in [0.717, 1.165) is 6.54 Å². The Morgan fingerprint density at radius 3 is 2.70 bits per heavy atom. The van der Waals surface area contributed by atoms with Gasteiger partial charge >= 0.3 is 0 Å². The summed E-state index contributed by atoms with van der Waals surface area (Å²) in [5.74, 6) is 1.08. The fourth-order valence-corrected chi connectivity index (χ4v) is 2.93. The Hall–Kier alpha value is -1.59. The van der Waals surface area contributed by atoms with Gasteiger partial charge in [0, 0.05) is 25.6 Å². The van der Waals surface area contributed by atoms with Crippen LogP contribution < -0.4 is 15.4 Å². The van der Waals surface area contributed by atoms with Gasteiger partial charge in [0.25, 0.3) is 5.91 Å². The number of hydrogen-bond acceptors (Lipinski definition) is 4. The molecule has 5 nitrogen and oxygen atoms in total. The molecule has 0 aromatic heterocycles. The third kappa shape index (κ3) is 4.69. The number of hydrogen-bond donors (Lipinski definition) is 3. The van der Waals surface area contributed by atoms with Crippen LogP contribution >= 0.6 is 0 Å². The second-order valence-corrected chi connectivity index (χ2v) is 6.66. The first kappa shape index (κ1) is 17.8. The fourth-order valence-electron chi connectivity index (χ4n) is 2.93. The summed E-state index contributed by atoms with van der Waals surface area (Å²) in [5.41, 5.74) is 2.46. The minimum Gasteiger partial charge on any atom is -0.481 e. The van der Waals surface area contributed by atoms with E-state index in [-0.39, 0.29) is 11.8 Å². The lowest BCUT2D eigenvalue weighted by atomic mass is 9.98. The van der Waals surface area contributed by atoms with Crippen LogP contribution in [0.25, 0.3) is 0 Å². The Bertz CT molecular complexity index is 545. The third-order valence-corrected chi connectivity index (χ3v) is 4.39. The molecular weight excluding hydrogens is 292 g/mol. The van der Waals surface area contributed by atoms with E-state index in [1.165, 1.54) is 11.1 Å². The number of amides is 1. The third-order valence-electron chi connectivity index (χ3n) is 4.39. The first-order valence-corrected chi connectivity index (χ1v) is 8.32. The topological polar surface area (TPSA) is 70.6 Å². The highest BCUT2D eigenvalue weighted by molar-refractivity contribution is 5.80. The minimum absolute atomic E-state index is 0.0683. The molecule has 5 heteroatoms. The largest absolute Gasteiger partial charge is 0.481 e. The van der Waals surface area contributed by atoms with Crippen molar-refractivity contribution in [3.63, 3.8) is 0 Å². The minimum atomic E-state index is -0.564. The number of ether oxygens (including phenoxy) is 1. The molecule has 1 amide bonds. The molecule has 0 saturated carbocycles. The molecule has 0 aliphatic carbocycles. The van der Waals surface area contributed by atoms with Crippen molar-refractivity contribution < 1.29 is 14.6 Å². The summed E-state index contributed by atoms with van der Waals surface area (Å²) >= 11 is 0. The van der Waals surface area contributed by atoms with Gasteiger partial charge in [0.05, 0.1) is 6.10 Å². The highest BCUT2D eigenvalue weighted by atomic mass is 16.5. The monoisotopic (exact) mass is 320 g/mol. The maximum Gasteiger partial charge on any atom is 0.260 e. The van der Waals surface area contributed by atoms with Crippen molar-refractivity contribution in [1.82, 2.24) is 10.6 Å². The zero-order valence-electron chi connectivity index (χ0n) is 14.4. The summed E-state index contributed by atoms with van der Waals surface area (Å²) in [6.07, 6.45) is -0.955. The molecule has 1 aliphatic heterocycles. The van der Waals surface area contributed by atoms with E-state index in [2.05, 4.69) is 37.5 Å². The highest BCUT2D eigenvalue weighted by Gasteiger charge is 2.26. The van der Waals surface area contributed by atoms with Crippen molar-refractivity contribution in [2.45, 2.75) is 45.8 Å². The number of β-amino-alcohol motifs (C(OH)–C–C–N with tert-alkyl or cyclic N) is 1. The quantitative estimate of drug-likeness (QED) is 0.744. The Balaban J connectivity index is 1.86. The first-order valence-electron chi connectivity index (χ1n) is 8.32. The Kier molecular flexibility index (Phi) is 6.02. The predicted molar refractivity (Wildman–Crippen MR) is 90.7 cm³/mol. The summed E-state index contributed by atoms with van der Waals surface area (Å²) in [4.78, 5) is 12.1. The number of aliphatic hydroxyl groups is 1. The molecule has 3 N–H and O–H groups in total. The Labute approximate surface area is 138 Å². The van der Waals surface area contributed by atoms with Gasteiger partial charge in [0.1, 0.15) is 5.75 Å². The van der Waals surface area contributed by atoms with E-state index >= 15 is 0 Å². The number of carbonyl (C=O) groups excluding carboxylic acids is 1. The van der Waals surface area contributed by atoms with Crippen molar-refractivity contribution in [1.29, 1.82) is 0 Å². The van der Waals surface area contributed by atoms with E-state index in [4.69, 9.17) is 4.74 Å². The molecule has 3 unspecified atom stereocenters. The molecule has 1 heterocycles. The zero-order chi connectivity index (χ0) is 17.0. The Morgan fingerprint density at radius 2 is 2.13 bits per heavy atom. The van der Waals surface area contributed by atoms with Gasteiger partial charge < -0.3 is 20.5 Å². The van der Waals surface area contributed by atoms with Gasteiger partial charge in [0.15, 0.2) is 6.10 Å². The number of benzene rings is 1. The molecule has 1 aromatic rings. The molecular formula is C18H28N2O3. The van der Waals surface area contributed by atoms with Crippen LogP contribution in [0.4, 0.5) is 0 Å². The number of aliphatic hydroxyl groups excluding tert-OH is 1. The maximum atomic E-state index is 12.1. The van der Waals surface area contributed by atoms with Gasteiger partial charge in [-0.25, -0.2) is 0 Å². The van der Waals surface area contributed by atoms with Crippen molar-refractivity contribution in [2.75, 3.05) is 19.6 Å². The van der Waals surface area contributed by atoms with Crippen LogP contribution in [0.15, 0.2) is 18.2 Å². The number of nitrogens with one attached hydrogen (secondary N) is 2. The summed E-state index contributed by atoms with van der Waals surface area (Å²) in [6, 6.07) is 5.95. The van der Waals surface area contributed by atoms with Gasteiger partial charge in [-0.05, 0) is 43.0 Å². The molecule has 3 atom stereocenters. The molecule has 1 saturated heterocycles. The average Bonchev–Trinajstić information content (AvgIpc) is 2.89. The Morgan fingerprint density at radius 1 is 1.39 bits per heavy atom. The van der Waals surface area contributed by atoms with Gasteiger partial charge in [-0.15, -0.1) is 0 Å². The van der Waals surface area contributed by atoms with Crippen LogP contribution in [0.3, 0.4) is 0 Å². The lowest BCUT2D eigenvalue weighted by molar-refractivity contribution is -0.127. The average molecular weight is 320 g/mol. The van der Waals surface area contributed by atoms with Gasteiger partial charge in [0.2, 0.25) is 0 Å². The molecule has 0 spiro atoms. The van der Waals surface area contributed by atoms with Crippen LogP contribution in [0.5, 0.6) is 5.75 Å². The zero-order valence-corrected chi connectivity index (χ0v) is 14.4. The highest BCUT2D eigenvalue weighted by Crippen LogP contribution is 2.24. The molecule has 128 valence electrons. The van der Waals surface area contributed by atoms with Crippen molar-refractivity contribution in [3.05, 3.63) is 29.3 Å². The molecule has 23 heavy (non-hydrogen) atoms. The number of carbonyl (C=O) groups is 1. The second-order valence-electron chi connectivity index (χ2n) is 6.66. The van der Waals surface area contributed by atoms with Gasteiger partial charge in [-0.1, -0.05) is 19.9 Å². The van der Waals surface area contributed by atoms with Crippen LogP contribution in [-0.4, -0.2) is 42.9 Å². The molecule has 0 bridgehead atoms. The van der Waals surface area contributed by atoms with E-state index < -0.39 is 12.2 Å². The maximum absolute atomic E-state index is 12.1. The standard InChI is InChI=1S/C18H28N2O3/c1-11(2)16-6-5-15(7-12(16)3)23-13(4)18(22)20-9-14-8-19-10-17(14)21/h5-7,11,13-14,17,19,21H,8-10H2,1-4H3,(H,20,22). The molecule has 0 radical (unpaired) electrons. The van der Waals surface area contributed by atoms with Gasteiger partial charge in [-0.2, -0.15) is 0 Å². The van der Waals surface area contributed by atoms with Crippen LogP contribution in [-0.2, 0) is 4.79 Å². The molecule has 1 aliphatic rings. The normalized spacial score (nSPS) is 22.2. The smallest absolute Gasteiger partial charge is 0.260 e. The summed E-state index contributed by atoms with van der Waals surface area (Å²) in [7, 11) is 0. The van der Waals surface area contributed by atoms with Crippen LogP contribution in [0.2, 0.25) is 0 Å². The van der Waals surface area contributed by atoms with Crippen molar-refractivity contribution in [2.24, 2.45) is 5.92 Å². The first-order chi connectivity index (χ1) is 10.9. The van der Waals surface area contributed by atoms with Crippen molar-refractivity contribution in [3.8, 4) is 5.75 Å². The van der Waals surface area contributed by atoms with Crippen molar-refractivity contribution >= 4 is 5.91 Å². The van der Waals surface area contributed by atoms with E-state index in [1.807, 2.05) is 12.1 Å². The van der Waals surface area contributed by atoms with E-state index in [9.17, 15) is 9.90 Å². The molecule has 1 aromatic carbocycles. The van der Waals surface area contributed by atoms with E-state index in [1.54, 1.807) is 6.92 Å². The lowest BCUT2D eigenvalue weighted by Crippen LogP contribution is -2.41.